The van der Waals surface area contributed by atoms with Crippen molar-refractivity contribution in [2.24, 2.45) is 0 Å². The van der Waals surface area contributed by atoms with E-state index in [9.17, 15) is 14.4 Å². The SMILES string of the molecule is O=C(CCn1c(=O)[nH]c(=O)c2ccccc21)Nc1ncc(Cc2cccc(Cl)c2)s1. The van der Waals surface area contributed by atoms with Crippen molar-refractivity contribution in [3.63, 3.8) is 0 Å². The molecule has 0 radical (unpaired) electrons. The summed E-state index contributed by atoms with van der Waals surface area (Å²) in [6, 6.07) is 14.4. The number of rotatable bonds is 6. The lowest BCUT2D eigenvalue weighted by Crippen LogP contribution is -2.31. The minimum absolute atomic E-state index is 0.0686. The van der Waals surface area contributed by atoms with Gasteiger partial charge in [-0.25, -0.2) is 9.78 Å². The van der Waals surface area contributed by atoms with Gasteiger partial charge in [0.25, 0.3) is 5.56 Å². The van der Waals surface area contributed by atoms with E-state index in [1.165, 1.54) is 15.9 Å². The van der Waals surface area contributed by atoms with Crippen LogP contribution in [0.2, 0.25) is 5.02 Å². The van der Waals surface area contributed by atoms with Gasteiger partial charge in [-0.05, 0) is 29.8 Å². The highest BCUT2D eigenvalue weighted by Gasteiger charge is 2.11. The molecule has 0 aliphatic heterocycles. The number of halogens is 1. The number of hydrogen-bond donors (Lipinski definition) is 2. The van der Waals surface area contributed by atoms with Crippen LogP contribution in [-0.2, 0) is 17.8 Å². The number of aromatic amines is 1. The second kappa shape index (κ2) is 8.64. The fourth-order valence-corrected chi connectivity index (χ4v) is 4.23. The molecule has 2 aromatic carbocycles. The number of carbonyl (C=O) groups is 1. The van der Waals surface area contributed by atoms with Crippen molar-refractivity contribution < 1.29 is 4.79 Å². The zero-order chi connectivity index (χ0) is 21.1. The summed E-state index contributed by atoms with van der Waals surface area (Å²) in [5.74, 6) is -0.263. The number of thiazole rings is 1. The van der Waals surface area contributed by atoms with Crippen molar-refractivity contribution in [2.75, 3.05) is 5.32 Å². The number of benzene rings is 2. The molecule has 2 heterocycles. The first kappa shape index (κ1) is 20.1. The van der Waals surface area contributed by atoms with E-state index in [0.29, 0.717) is 27.5 Å². The standard InChI is InChI=1S/C21H17ClN4O3S/c22-14-5-3-4-13(10-14)11-15-12-23-20(30-15)24-18(27)8-9-26-17-7-2-1-6-16(17)19(28)25-21(26)29/h1-7,10,12H,8-9,11H2,(H,23,24,27)(H,25,28,29). The molecule has 0 aliphatic carbocycles. The summed E-state index contributed by atoms with van der Waals surface area (Å²) < 4.78 is 1.39. The quantitative estimate of drug-likeness (QED) is 0.480. The third-order valence-corrected chi connectivity index (χ3v) is 5.68. The number of fused-ring (bicyclic) bond motifs is 1. The molecule has 2 aromatic heterocycles. The zero-order valence-electron chi connectivity index (χ0n) is 15.7. The van der Waals surface area contributed by atoms with Gasteiger partial charge >= 0.3 is 5.69 Å². The van der Waals surface area contributed by atoms with Crippen LogP contribution in [0.15, 0.2) is 64.3 Å². The Kier molecular flexibility index (Phi) is 5.78. The van der Waals surface area contributed by atoms with Gasteiger partial charge in [-0.15, -0.1) is 11.3 Å². The number of hydrogen-bond acceptors (Lipinski definition) is 5. The van der Waals surface area contributed by atoms with Crippen LogP contribution in [0.1, 0.15) is 16.9 Å². The highest BCUT2D eigenvalue weighted by Crippen LogP contribution is 2.22. The zero-order valence-corrected chi connectivity index (χ0v) is 17.3. The number of para-hydroxylation sites is 1. The molecule has 152 valence electrons. The summed E-state index contributed by atoms with van der Waals surface area (Å²) in [6.45, 7) is 0.142. The molecular weight excluding hydrogens is 424 g/mol. The maximum atomic E-state index is 12.4. The van der Waals surface area contributed by atoms with Gasteiger partial charge < -0.3 is 5.32 Å². The first-order valence-electron chi connectivity index (χ1n) is 9.20. The molecule has 30 heavy (non-hydrogen) atoms. The average Bonchev–Trinajstić information content (AvgIpc) is 3.14. The van der Waals surface area contributed by atoms with Crippen LogP contribution in [0.3, 0.4) is 0 Å². The molecule has 0 aliphatic rings. The Morgan fingerprint density at radius 1 is 1.17 bits per heavy atom. The molecule has 7 nitrogen and oxygen atoms in total. The van der Waals surface area contributed by atoms with Gasteiger partial charge in [0.15, 0.2) is 5.13 Å². The van der Waals surface area contributed by atoms with Gasteiger partial charge in [0, 0.05) is 35.5 Å². The van der Waals surface area contributed by atoms with Gasteiger partial charge in [-0.1, -0.05) is 35.9 Å². The number of anilines is 1. The predicted octanol–water partition coefficient (Wildman–Crippen LogP) is 3.42. The highest BCUT2D eigenvalue weighted by atomic mass is 35.5. The van der Waals surface area contributed by atoms with E-state index < -0.39 is 11.2 Å². The Balaban J connectivity index is 1.42. The second-order valence-corrected chi connectivity index (χ2v) is 8.22. The summed E-state index contributed by atoms with van der Waals surface area (Å²) in [7, 11) is 0. The molecule has 9 heteroatoms. The predicted molar refractivity (Wildman–Crippen MR) is 118 cm³/mol. The highest BCUT2D eigenvalue weighted by molar-refractivity contribution is 7.15. The smallest absolute Gasteiger partial charge is 0.302 e. The van der Waals surface area contributed by atoms with E-state index in [-0.39, 0.29) is 18.9 Å². The third kappa shape index (κ3) is 4.50. The lowest BCUT2D eigenvalue weighted by Gasteiger charge is -2.09. The van der Waals surface area contributed by atoms with Crippen molar-refractivity contribution in [1.82, 2.24) is 14.5 Å². The summed E-state index contributed by atoms with van der Waals surface area (Å²) in [6.07, 6.45) is 2.47. The molecule has 0 saturated carbocycles. The Bertz CT molecular complexity index is 1340. The molecule has 4 aromatic rings. The second-order valence-electron chi connectivity index (χ2n) is 6.66. The van der Waals surface area contributed by atoms with Crippen LogP contribution >= 0.6 is 22.9 Å². The number of aromatic nitrogens is 3. The van der Waals surface area contributed by atoms with Crippen molar-refractivity contribution in [3.8, 4) is 0 Å². The van der Waals surface area contributed by atoms with Gasteiger partial charge in [-0.3, -0.25) is 19.1 Å². The molecule has 0 bridgehead atoms. The van der Waals surface area contributed by atoms with Crippen LogP contribution in [0.25, 0.3) is 10.9 Å². The van der Waals surface area contributed by atoms with E-state index in [0.717, 1.165) is 10.4 Å². The van der Waals surface area contributed by atoms with Gasteiger partial charge in [0.2, 0.25) is 5.91 Å². The molecule has 0 saturated heterocycles. The van der Waals surface area contributed by atoms with Crippen molar-refractivity contribution >= 4 is 44.9 Å². The number of H-pyrrole nitrogens is 1. The monoisotopic (exact) mass is 440 g/mol. The van der Waals surface area contributed by atoms with E-state index in [1.54, 1.807) is 30.5 Å². The molecule has 0 atom stereocenters. The molecule has 0 spiro atoms. The minimum Gasteiger partial charge on any atom is -0.302 e. The summed E-state index contributed by atoms with van der Waals surface area (Å²) >= 11 is 7.40. The van der Waals surface area contributed by atoms with Gasteiger partial charge in [0.05, 0.1) is 10.9 Å². The first-order chi connectivity index (χ1) is 14.5. The van der Waals surface area contributed by atoms with Crippen LogP contribution < -0.4 is 16.6 Å². The van der Waals surface area contributed by atoms with Crippen molar-refractivity contribution in [3.05, 3.63) is 91.0 Å². The normalized spacial score (nSPS) is 11.0. The number of nitrogens with zero attached hydrogens (tertiary/aromatic N) is 2. The number of nitrogens with one attached hydrogen (secondary N) is 2. The van der Waals surface area contributed by atoms with E-state index in [2.05, 4.69) is 15.3 Å². The maximum absolute atomic E-state index is 12.4. The van der Waals surface area contributed by atoms with E-state index >= 15 is 0 Å². The Hall–Kier alpha value is -3.23. The average molecular weight is 441 g/mol. The van der Waals surface area contributed by atoms with E-state index in [1.807, 2.05) is 24.3 Å². The fourth-order valence-electron chi connectivity index (χ4n) is 3.15. The Morgan fingerprint density at radius 2 is 2.00 bits per heavy atom. The van der Waals surface area contributed by atoms with Crippen molar-refractivity contribution in [2.45, 2.75) is 19.4 Å². The lowest BCUT2D eigenvalue weighted by molar-refractivity contribution is -0.116. The molecule has 1 amide bonds. The van der Waals surface area contributed by atoms with Crippen LogP contribution in [0.5, 0.6) is 0 Å². The number of carbonyl (C=O) groups excluding carboxylic acids is 1. The maximum Gasteiger partial charge on any atom is 0.328 e. The van der Waals surface area contributed by atoms with Crippen molar-refractivity contribution in [1.29, 1.82) is 0 Å². The third-order valence-electron chi connectivity index (χ3n) is 4.53. The number of aryl methyl sites for hydroxylation is 1. The molecule has 0 fully saturated rings. The van der Waals surface area contributed by atoms with Crippen LogP contribution in [-0.4, -0.2) is 20.4 Å². The summed E-state index contributed by atoms with van der Waals surface area (Å²) in [5, 5.41) is 4.34. The fraction of sp³-hybridized carbons (Fsp3) is 0.143. The lowest BCUT2D eigenvalue weighted by atomic mass is 10.1. The minimum atomic E-state index is -0.537. The molecule has 4 rings (SSSR count). The van der Waals surface area contributed by atoms with Crippen LogP contribution in [0, 0.1) is 0 Å². The summed E-state index contributed by atoms with van der Waals surface area (Å²) in [4.78, 5) is 44.0. The Morgan fingerprint density at radius 3 is 2.83 bits per heavy atom. The first-order valence-corrected chi connectivity index (χ1v) is 10.4. The molecule has 2 N–H and O–H groups in total. The molecular formula is C21H17ClN4O3S. The number of amides is 1. The largest absolute Gasteiger partial charge is 0.328 e. The summed E-state index contributed by atoms with van der Waals surface area (Å²) in [5.41, 5.74) is 0.585. The molecule has 0 unspecified atom stereocenters. The topological polar surface area (TPSA) is 96.9 Å². The van der Waals surface area contributed by atoms with Gasteiger partial charge in [-0.2, -0.15) is 0 Å². The van der Waals surface area contributed by atoms with Crippen LogP contribution in [0.4, 0.5) is 5.13 Å². The van der Waals surface area contributed by atoms with E-state index in [4.69, 9.17) is 11.6 Å². The van der Waals surface area contributed by atoms with Gasteiger partial charge in [0.1, 0.15) is 0 Å². The Labute approximate surface area is 180 Å².